The molecule has 0 saturated heterocycles. The number of hydrogen-bond acceptors (Lipinski definition) is 36. The van der Waals surface area contributed by atoms with Gasteiger partial charge in [-0.25, -0.2) is 70.4 Å². The Morgan fingerprint density at radius 2 is 0.523 bits per heavy atom. The van der Waals surface area contributed by atoms with Crippen molar-refractivity contribution in [3.63, 3.8) is 0 Å². The number of pyridine rings is 4. The van der Waals surface area contributed by atoms with E-state index in [1.165, 1.54) is 150 Å². The van der Waals surface area contributed by atoms with Gasteiger partial charge in [-0.1, -0.05) is 24.3 Å². The number of nitrogens with one attached hydrogen (secondary N) is 4. The number of imide groups is 4. The van der Waals surface area contributed by atoms with Crippen LogP contribution in [0.1, 0.15) is 158 Å². The largest absolute Gasteiger partial charge is 0.491 e. The molecule has 2 unspecified atom stereocenters. The Morgan fingerprint density at radius 3 is 0.705 bits per heavy atom. The van der Waals surface area contributed by atoms with Crippen LogP contribution in [0.25, 0.3) is 0 Å². The van der Waals surface area contributed by atoms with Gasteiger partial charge in [-0.15, -0.1) is 0 Å². The molecule has 0 fully saturated rings. The molecule has 0 aliphatic carbocycles. The minimum atomic E-state index is -3.75. The van der Waals surface area contributed by atoms with E-state index in [1.54, 1.807) is 27.7 Å². The number of aromatic nitrogens is 4. The first kappa shape index (κ1) is 102. The molecule has 10 amide bonds. The lowest BCUT2D eigenvalue weighted by Gasteiger charge is -2.26. The molecule has 6 N–H and O–H groups in total. The molecule has 0 bridgehead atoms. The van der Waals surface area contributed by atoms with Crippen LogP contribution in [0, 0.1) is 0 Å². The predicted molar refractivity (Wildman–Crippen MR) is 474 cm³/mol. The second-order valence-corrected chi connectivity index (χ2v) is 41.4. The zero-order valence-corrected chi connectivity index (χ0v) is 78.0. The summed E-state index contributed by atoms with van der Waals surface area (Å²) in [5, 5.41) is 22.8. The molecule has 0 radical (unpaired) electrons. The Hall–Kier alpha value is -13.4. The zero-order chi connectivity index (χ0) is 97.8. The number of ether oxygens (including phenoxy) is 8. The van der Waals surface area contributed by atoms with E-state index in [1.807, 2.05) is 0 Å². The second kappa shape index (κ2) is 42.2. The van der Waals surface area contributed by atoms with Crippen molar-refractivity contribution >= 4 is 141 Å². The summed E-state index contributed by atoms with van der Waals surface area (Å²) in [6.45, 7) is 6.28. The normalized spacial score (nSPS) is 14.4. The number of benzene rings is 4. The van der Waals surface area contributed by atoms with Crippen molar-refractivity contribution in [2.24, 2.45) is 0 Å². The number of methoxy groups -OCH3 is 4. The topological polar surface area (TPSA) is 602 Å². The van der Waals surface area contributed by atoms with Crippen molar-refractivity contribution in [1.29, 1.82) is 0 Å². The van der Waals surface area contributed by atoms with E-state index >= 15 is 0 Å². The third kappa shape index (κ3) is 24.4. The molecule has 0 spiro atoms. The van der Waals surface area contributed by atoms with Crippen LogP contribution in [0.4, 0.5) is 22.7 Å². The number of aliphatic hydroxyl groups is 2. The van der Waals surface area contributed by atoms with E-state index in [-0.39, 0.29) is 140 Å². The average molecular weight is 1950 g/mol. The van der Waals surface area contributed by atoms with Crippen LogP contribution in [0.2, 0.25) is 0 Å². The summed E-state index contributed by atoms with van der Waals surface area (Å²) in [5.41, 5.74) is -0.312. The van der Waals surface area contributed by atoms with Gasteiger partial charge in [-0.3, -0.25) is 77.0 Å². The molecule has 4 aliphatic heterocycles. The number of aliphatic hydroxyl groups excluding tert-OH is 2. The Bertz CT molecular complexity index is 6250. The molecule has 8 heterocycles. The van der Waals surface area contributed by atoms with Crippen molar-refractivity contribution < 1.29 is 147 Å². The average Bonchev–Trinajstić information content (AvgIpc) is 1.61. The fourth-order valence-corrected chi connectivity index (χ4v) is 18.6. The summed E-state index contributed by atoms with van der Waals surface area (Å²) in [5.74, 6) is -8.68. The van der Waals surface area contributed by atoms with Crippen LogP contribution in [0.5, 0.6) is 46.5 Å². The Kier molecular flexibility index (Phi) is 32.7. The first-order valence-corrected chi connectivity index (χ1v) is 51.2. The number of hydrogen-bond donors (Lipinski definition) is 6. The number of carbonyl (C=O) groups is 10. The van der Waals surface area contributed by atoms with E-state index in [4.69, 9.17) is 48.1 Å². The van der Waals surface area contributed by atoms with E-state index < -0.39 is 179 Å². The van der Waals surface area contributed by atoms with Crippen LogP contribution in [0.3, 0.4) is 0 Å². The summed E-state index contributed by atoms with van der Waals surface area (Å²) in [4.78, 5) is 150. The van der Waals surface area contributed by atoms with Gasteiger partial charge in [0.05, 0.1) is 205 Å². The number of fused-ring (bicyclic) bond motifs is 4. The van der Waals surface area contributed by atoms with Crippen molar-refractivity contribution in [3.05, 3.63) is 189 Å². The highest BCUT2D eigenvalue weighted by molar-refractivity contribution is 7.92. The number of rotatable bonds is 36. The zero-order valence-electron chi connectivity index (χ0n) is 73.1. The lowest BCUT2D eigenvalue weighted by atomic mass is 10.1. The molecule has 4 aromatic heterocycles. The smallest absolute Gasteiger partial charge is 0.264 e. The summed E-state index contributed by atoms with van der Waals surface area (Å²) < 4.78 is 192. The van der Waals surface area contributed by atoms with Gasteiger partial charge >= 0.3 is 0 Å². The third-order valence-corrected chi connectivity index (χ3v) is 23.9. The maximum Gasteiger partial charge on any atom is 0.264 e. The molecule has 4 atom stereocenters. The van der Waals surface area contributed by atoms with Gasteiger partial charge in [0.15, 0.2) is 23.0 Å². The monoisotopic (exact) mass is 1950 g/mol. The van der Waals surface area contributed by atoms with E-state index in [2.05, 4.69) is 40.0 Å². The molecule has 44 nitrogen and oxygen atoms in total. The van der Waals surface area contributed by atoms with Crippen molar-refractivity contribution in [2.75, 3.05) is 149 Å². The summed E-state index contributed by atoms with van der Waals surface area (Å²) in [6, 6.07) is 23.5. The number of nitrogens with zero attached hydrogens (tertiary/aromatic N) is 8. The van der Waals surface area contributed by atoms with Crippen LogP contribution < -0.4 is 58.0 Å². The minimum absolute atomic E-state index is 0.00668. The highest BCUT2D eigenvalue weighted by atomic mass is 32.2. The molecule has 12 rings (SSSR count). The second-order valence-electron chi connectivity index (χ2n) is 29.1. The van der Waals surface area contributed by atoms with Gasteiger partial charge in [0.1, 0.15) is 52.6 Å². The summed E-state index contributed by atoms with van der Waals surface area (Å²) in [7, 11) is -16.6. The molecule has 4 aromatic carbocycles. The molecule has 132 heavy (non-hydrogen) atoms. The lowest BCUT2D eigenvalue weighted by molar-refractivity contribution is -0.119. The summed E-state index contributed by atoms with van der Waals surface area (Å²) in [6.07, 6.45) is 5.74. The Balaban J connectivity index is 0.000000198. The molecule has 50 heteroatoms. The summed E-state index contributed by atoms with van der Waals surface area (Å²) >= 11 is 0. The highest BCUT2D eigenvalue weighted by Crippen LogP contribution is 2.44. The van der Waals surface area contributed by atoms with Crippen LogP contribution in [-0.2, 0) is 69.0 Å². The number of sulfone groups is 4. The van der Waals surface area contributed by atoms with Crippen LogP contribution >= 0.6 is 0 Å². The number of carbonyl (C=O) groups excluding carboxylic acids is 10. The number of amides is 10. The van der Waals surface area contributed by atoms with Crippen molar-refractivity contribution in [3.8, 4) is 46.5 Å². The first-order valence-electron chi connectivity index (χ1n) is 39.2. The van der Waals surface area contributed by atoms with E-state index in [9.17, 15) is 98.5 Å². The number of anilines is 4. The van der Waals surface area contributed by atoms with Gasteiger partial charge in [0.2, 0.25) is 31.9 Å². The SMILES string of the molecule is CCOc1nc(C(CS(C)(=O)=O)N2C(=O)c3cccc(NC(=O)CO)c3C2=O)ccc1OC.CCOc1nc(C(CS(C)(=O)=O)N2C(=O)c3cccc(NS(C)(=O)=O)c3C2=O)ccc1OC.CCOc1nc([C@@H](CS(C)(=O)=O)N2C(=O)c3cccc(NC(=O)CO)c3C2=O)ccc1OC.CCOc1nc([C@@H](CS(C)(=O)=O)N2C(=O)c3cccc(NS(C)(=O)=O)c3C2=O)ccc1OC. The van der Waals surface area contributed by atoms with Gasteiger partial charge < -0.3 is 58.7 Å². The van der Waals surface area contributed by atoms with Gasteiger partial charge in [0.25, 0.3) is 70.8 Å². The molecule has 708 valence electrons. The van der Waals surface area contributed by atoms with E-state index in [0.29, 0.717) is 23.0 Å². The first-order chi connectivity index (χ1) is 61.9. The maximum absolute atomic E-state index is 13.3. The van der Waals surface area contributed by atoms with E-state index in [0.717, 1.165) is 57.1 Å². The van der Waals surface area contributed by atoms with Crippen LogP contribution in [-0.4, -0.2) is 288 Å². The third-order valence-electron chi connectivity index (χ3n) is 19.1. The molecule has 4 aliphatic rings. The van der Waals surface area contributed by atoms with Crippen molar-refractivity contribution in [1.82, 2.24) is 39.5 Å². The molecular weight excluding hydrogens is 1860 g/mol. The van der Waals surface area contributed by atoms with Gasteiger partial charge in [0, 0.05) is 25.0 Å². The quantitative estimate of drug-likeness (QED) is 0.0301. The minimum Gasteiger partial charge on any atom is -0.491 e. The fourth-order valence-electron chi connectivity index (χ4n) is 13.9. The molecule has 0 saturated carbocycles. The van der Waals surface area contributed by atoms with Crippen molar-refractivity contribution in [2.45, 2.75) is 51.9 Å². The van der Waals surface area contributed by atoms with Crippen LogP contribution in [0.15, 0.2) is 121 Å². The maximum atomic E-state index is 13.3. The Labute approximate surface area is 758 Å². The Morgan fingerprint density at radius 1 is 0.318 bits per heavy atom. The highest BCUT2D eigenvalue weighted by Gasteiger charge is 2.49. The lowest BCUT2D eigenvalue weighted by Crippen LogP contribution is -2.38. The fraction of sp³-hybridized carbons (Fsp3) is 0.341. The molecular formula is C82H92N12O32S6. The van der Waals surface area contributed by atoms with Gasteiger partial charge in [-0.05, 0) is 125 Å². The van der Waals surface area contributed by atoms with Gasteiger partial charge in [-0.2, -0.15) is 0 Å². The predicted octanol–water partition coefficient (Wildman–Crippen LogP) is 4.09. The number of sulfonamides is 2. The molecule has 8 aromatic rings. The standard InChI is InChI=1S/2C21H23N3O8S.2C20H23N3O8S2/c2*1-4-32-19-16(31-2)9-8-13(23-19)15(11-33(3,29)30)24-20(27)12-6-5-7-14(18(12)21(24)28)22-17(26)10-25;2*1-5-31-18-16(30-2)10-9-13(21-18)15(11-32(3,26)27)23-19(24)12-7-6-8-14(17(12)20(23)25)22-33(4,28)29/h2*5-9,15,25H,4,10-11H2,1-3H3,(H,22,26);2*6-10,15,22H,5,11H2,1-4H3/t15-;;15-;/m1.1./s1.